The highest BCUT2D eigenvalue weighted by atomic mass is 16.3. The van der Waals surface area contributed by atoms with Crippen LogP contribution in [0.5, 0.6) is 0 Å². The Hall–Kier alpha value is -1.92. The lowest BCUT2D eigenvalue weighted by atomic mass is 9.59. The number of hydrogen-bond donors (Lipinski definition) is 3. The Morgan fingerprint density at radius 1 is 1.10 bits per heavy atom. The van der Waals surface area contributed by atoms with Gasteiger partial charge in [0.15, 0.2) is 6.35 Å². The van der Waals surface area contributed by atoms with Gasteiger partial charge in [0, 0.05) is 23.3 Å². The molecule has 2 aromatic carbocycles. The van der Waals surface area contributed by atoms with Gasteiger partial charge in [0.25, 0.3) is 0 Å². The van der Waals surface area contributed by atoms with E-state index >= 15 is 0 Å². The molecule has 29 heavy (non-hydrogen) atoms. The van der Waals surface area contributed by atoms with Crippen molar-refractivity contribution < 1.29 is 10.2 Å². The number of anilines is 1. The molecule has 2 aromatic rings. The fourth-order valence-electron chi connectivity index (χ4n) is 5.19. The Bertz CT molecular complexity index is 883. The van der Waals surface area contributed by atoms with Crippen LogP contribution >= 0.6 is 0 Å². The first-order valence-electron chi connectivity index (χ1n) is 10.4. The second-order valence-corrected chi connectivity index (χ2v) is 9.63. The predicted molar refractivity (Wildman–Crippen MR) is 117 cm³/mol. The minimum Gasteiger partial charge on any atom is -0.386 e. The number of rotatable bonds is 4. The van der Waals surface area contributed by atoms with Gasteiger partial charge in [-0.15, -0.1) is 0 Å². The molecule has 4 rings (SSSR count). The molecule has 2 aliphatic rings. The standard InChI is InChI=1S/C24H33N3O2/c1-17-13-19(22(2,3)29)11-12-20(17)27-16-23(25-21(27)28)14-24(15-23,26(4)5)18-9-7-6-8-10-18/h6-13,21,25,28-29H,14-16H2,1-5H3/t21?,23-,24+. The van der Waals surface area contributed by atoms with Crippen molar-refractivity contribution in [2.24, 2.45) is 0 Å². The Kier molecular flexibility index (Phi) is 4.78. The van der Waals surface area contributed by atoms with E-state index in [0.717, 1.165) is 36.2 Å². The van der Waals surface area contributed by atoms with Crippen molar-refractivity contribution in [1.29, 1.82) is 0 Å². The van der Waals surface area contributed by atoms with Crippen LogP contribution in [-0.4, -0.2) is 47.6 Å². The normalized spacial score (nSPS) is 29.5. The maximum Gasteiger partial charge on any atom is 0.184 e. The average molecular weight is 396 g/mol. The van der Waals surface area contributed by atoms with Gasteiger partial charge in [0.1, 0.15) is 0 Å². The van der Waals surface area contributed by atoms with Gasteiger partial charge >= 0.3 is 0 Å². The molecule has 3 N–H and O–H groups in total. The molecule has 0 bridgehead atoms. The van der Waals surface area contributed by atoms with E-state index < -0.39 is 12.0 Å². The van der Waals surface area contributed by atoms with Crippen molar-refractivity contribution in [1.82, 2.24) is 10.2 Å². The summed E-state index contributed by atoms with van der Waals surface area (Å²) in [6.07, 6.45) is 1.19. The van der Waals surface area contributed by atoms with E-state index in [1.807, 2.05) is 30.0 Å². The quantitative estimate of drug-likeness (QED) is 0.743. The van der Waals surface area contributed by atoms with Crippen LogP contribution < -0.4 is 10.2 Å². The first-order valence-corrected chi connectivity index (χ1v) is 10.4. The van der Waals surface area contributed by atoms with Crippen LogP contribution in [0.25, 0.3) is 0 Å². The molecule has 1 aliphatic heterocycles. The number of aliphatic hydroxyl groups is 2. The van der Waals surface area contributed by atoms with Crippen LogP contribution in [0.3, 0.4) is 0 Å². The van der Waals surface area contributed by atoms with Crippen LogP contribution in [0.15, 0.2) is 48.5 Å². The zero-order valence-electron chi connectivity index (χ0n) is 18.1. The Labute approximate surface area is 174 Å². The van der Waals surface area contributed by atoms with Crippen molar-refractivity contribution in [2.45, 2.75) is 56.6 Å². The molecule has 1 aliphatic carbocycles. The topological polar surface area (TPSA) is 59.0 Å². The molecule has 0 radical (unpaired) electrons. The van der Waals surface area contributed by atoms with E-state index in [9.17, 15) is 10.2 Å². The van der Waals surface area contributed by atoms with Gasteiger partial charge in [-0.3, -0.25) is 10.2 Å². The zero-order chi connectivity index (χ0) is 21.0. The van der Waals surface area contributed by atoms with E-state index in [0.29, 0.717) is 0 Å². The summed E-state index contributed by atoms with van der Waals surface area (Å²) in [5, 5.41) is 24.6. The van der Waals surface area contributed by atoms with Crippen molar-refractivity contribution in [2.75, 3.05) is 25.5 Å². The van der Waals surface area contributed by atoms with E-state index in [4.69, 9.17) is 0 Å². The third-order valence-electron chi connectivity index (χ3n) is 6.85. The molecule has 2 fully saturated rings. The lowest BCUT2D eigenvalue weighted by Gasteiger charge is -2.58. The highest BCUT2D eigenvalue weighted by Crippen LogP contribution is 2.54. The van der Waals surface area contributed by atoms with Gasteiger partial charge in [-0.05, 0) is 70.5 Å². The summed E-state index contributed by atoms with van der Waals surface area (Å²) < 4.78 is 0. The van der Waals surface area contributed by atoms with Crippen molar-refractivity contribution in [3.05, 3.63) is 65.2 Å². The summed E-state index contributed by atoms with van der Waals surface area (Å²) in [5.41, 5.74) is 3.29. The van der Waals surface area contributed by atoms with Crippen LogP contribution in [0.2, 0.25) is 0 Å². The number of aliphatic hydroxyl groups excluding tert-OH is 1. The first-order chi connectivity index (χ1) is 13.6. The molecular formula is C24H33N3O2. The maximum atomic E-state index is 10.8. The third kappa shape index (κ3) is 3.36. The molecule has 1 unspecified atom stereocenters. The predicted octanol–water partition coefficient (Wildman–Crippen LogP) is 2.90. The van der Waals surface area contributed by atoms with E-state index in [1.54, 1.807) is 13.8 Å². The Morgan fingerprint density at radius 3 is 2.31 bits per heavy atom. The van der Waals surface area contributed by atoms with Crippen molar-refractivity contribution >= 4 is 5.69 Å². The lowest BCUT2D eigenvalue weighted by Crippen LogP contribution is -2.67. The average Bonchev–Trinajstić information content (AvgIpc) is 2.97. The highest BCUT2D eigenvalue weighted by Gasteiger charge is 2.60. The summed E-state index contributed by atoms with van der Waals surface area (Å²) in [7, 11) is 4.28. The van der Waals surface area contributed by atoms with E-state index in [2.05, 4.69) is 54.6 Å². The molecule has 0 amide bonds. The van der Waals surface area contributed by atoms with Crippen molar-refractivity contribution in [3.8, 4) is 0 Å². The number of hydrogen-bond acceptors (Lipinski definition) is 5. The molecule has 1 atom stereocenters. The van der Waals surface area contributed by atoms with Crippen molar-refractivity contribution in [3.63, 3.8) is 0 Å². The number of nitrogens with one attached hydrogen (secondary N) is 1. The molecule has 5 nitrogen and oxygen atoms in total. The maximum absolute atomic E-state index is 10.8. The highest BCUT2D eigenvalue weighted by molar-refractivity contribution is 5.57. The van der Waals surface area contributed by atoms with Gasteiger partial charge in [-0.25, -0.2) is 0 Å². The monoisotopic (exact) mass is 395 g/mol. The summed E-state index contributed by atoms with van der Waals surface area (Å²) in [4.78, 5) is 4.36. The third-order valence-corrected chi connectivity index (χ3v) is 6.85. The summed E-state index contributed by atoms with van der Waals surface area (Å²) in [5.74, 6) is 0. The SMILES string of the molecule is Cc1cc(C(C)(C)O)ccc1N1C[C@]2(C[C@](c3ccccc3)(N(C)C)C2)NC1O. The van der Waals surface area contributed by atoms with Gasteiger partial charge in [-0.1, -0.05) is 42.5 Å². The second kappa shape index (κ2) is 6.81. The Morgan fingerprint density at radius 2 is 1.76 bits per heavy atom. The molecular weight excluding hydrogens is 362 g/mol. The summed E-state index contributed by atoms with van der Waals surface area (Å²) in [6, 6.07) is 16.6. The van der Waals surface area contributed by atoms with Gasteiger partial charge in [0.05, 0.1) is 5.60 Å². The molecule has 1 saturated heterocycles. The second-order valence-electron chi connectivity index (χ2n) is 9.63. The van der Waals surface area contributed by atoms with E-state index in [1.165, 1.54) is 5.56 Å². The lowest BCUT2D eigenvalue weighted by molar-refractivity contribution is -0.0313. The molecule has 0 aromatic heterocycles. The molecule has 156 valence electrons. The smallest absolute Gasteiger partial charge is 0.184 e. The van der Waals surface area contributed by atoms with Gasteiger partial charge in [0.2, 0.25) is 0 Å². The molecule has 5 heteroatoms. The Balaban J connectivity index is 1.57. The zero-order valence-corrected chi connectivity index (χ0v) is 18.1. The number of nitrogens with zero attached hydrogens (tertiary/aromatic N) is 2. The van der Waals surface area contributed by atoms with E-state index in [-0.39, 0.29) is 11.1 Å². The number of benzene rings is 2. The minimum absolute atomic E-state index is 0.0101. The first kappa shape index (κ1) is 20.4. The molecule has 1 saturated carbocycles. The van der Waals surface area contributed by atoms with Crippen LogP contribution in [0.4, 0.5) is 5.69 Å². The van der Waals surface area contributed by atoms with Crippen LogP contribution in [-0.2, 0) is 11.1 Å². The van der Waals surface area contributed by atoms with Crippen LogP contribution in [0, 0.1) is 6.92 Å². The summed E-state index contributed by atoms with van der Waals surface area (Å²) >= 11 is 0. The molecule has 1 heterocycles. The minimum atomic E-state index is -0.874. The fourth-order valence-corrected chi connectivity index (χ4v) is 5.19. The fraction of sp³-hybridized carbons (Fsp3) is 0.500. The van der Waals surface area contributed by atoms with Gasteiger partial charge < -0.3 is 15.1 Å². The summed E-state index contributed by atoms with van der Waals surface area (Å²) in [6.45, 7) is 6.39. The van der Waals surface area contributed by atoms with Gasteiger partial charge in [-0.2, -0.15) is 0 Å². The van der Waals surface area contributed by atoms with Crippen LogP contribution in [0.1, 0.15) is 43.4 Å². The number of aryl methyl sites for hydroxylation is 1. The largest absolute Gasteiger partial charge is 0.386 e. The molecule has 1 spiro atoms.